The summed E-state index contributed by atoms with van der Waals surface area (Å²) in [5, 5.41) is 14.0. The van der Waals surface area contributed by atoms with Crippen molar-refractivity contribution in [3.63, 3.8) is 0 Å². The molecule has 0 radical (unpaired) electrons. The minimum Gasteiger partial charge on any atom is -0.480 e. The van der Waals surface area contributed by atoms with Gasteiger partial charge in [-0.15, -0.1) is 5.10 Å². The molecule has 3 aliphatic rings. The lowest BCUT2D eigenvalue weighted by Crippen LogP contribution is -2.43. The summed E-state index contributed by atoms with van der Waals surface area (Å²) in [6.45, 7) is 12.5. The number of benzene rings is 3. The largest absolute Gasteiger partial charge is 0.480 e. The van der Waals surface area contributed by atoms with Gasteiger partial charge in [0, 0.05) is 40.8 Å². The van der Waals surface area contributed by atoms with Crippen molar-refractivity contribution < 1.29 is 53.8 Å². The van der Waals surface area contributed by atoms with Crippen molar-refractivity contribution in [3.8, 4) is 11.4 Å². The second-order valence-electron chi connectivity index (χ2n) is 21.8. The Morgan fingerprint density at radius 2 is 1.64 bits per heavy atom. The fourth-order valence-electron chi connectivity index (χ4n) is 10.8. The molecular weight excluding hydrogens is 1080 g/mol. The van der Waals surface area contributed by atoms with E-state index in [1.807, 2.05) is 52.0 Å². The van der Waals surface area contributed by atoms with Crippen molar-refractivity contribution >= 4 is 43.4 Å². The highest BCUT2D eigenvalue weighted by atomic mass is 32.2. The molecule has 2 atom stereocenters. The van der Waals surface area contributed by atoms with Crippen LogP contribution < -0.4 is 21.1 Å². The number of aromatic nitrogens is 3. The number of fused-ring (bicyclic) bond motifs is 1. The van der Waals surface area contributed by atoms with E-state index in [1.54, 1.807) is 55.6 Å². The molecule has 0 saturated heterocycles. The Kier molecular flexibility index (Phi) is 20.1. The van der Waals surface area contributed by atoms with Crippen LogP contribution in [0.3, 0.4) is 0 Å². The van der Waals surface area contributed by atoms with Gasteiger partial charge in [-0.1, -0.05) is 102 Å². The average Bonchev–Trinajstić information content (AvgIpc) is 2.60. The number of carbonyl (C=O) groups is 3. The van der Waals surface area contributed by atoms with E-state index >= 15 is 0 Å². The molecule has 2 amide bonds. The molecule has 2 aliphatic carbocycles. The lowest BCUT2D eigenvalue weighted by atomic mass is 9.79. The second-order valence-corrected chi connectivity index (χ2v) is 24.6. The van der Waals surface area contributed by atoms with E-state index in [4.69, 9.17) is 10.5 Å². The number of ketones is 1. The predicted octanol–water partition coefficient (Wildman–Crippen LogP) is 10.2. The predicted molar refractivity (Wildman–Crippen MR) is 306 cm³/mol. The highest BCUT2D eigenvalue weighted by molar-refractivity contribution is 7.89. The minimum atomic E-state index is -4.44. The molecule has 81 heavy (non-hydrogen) atoms. The molecule has 17 nitrogen and oxygen atoms in total. The third-order valence-corrected chi connectivity index (χ3v) is 17.2. The number of allylic oxidation sites excluding steroid dienone is 11. The van der Waals surface area contributed by atoms with Gasteiger partial charge in [-0.05, 0) is 146 Å². The van der Waals surface area contributed by atoms with Gasteiger partial charge in [0.2, 0.25) is 5.91 Å². The Morgan fingerprint density at radius 3 is 2.35 bits per heavy atom. The highest BCUT2D eigenvalue weighted by Gasteiger charge is 2.45. The van der Waals surface area contributed by atoms with Crippen LogP contribution in [0, 0.1) is 23.0 Å². The number of carbonyl (C=O) groups excluding carboxylic acids is 3. The van der Waals surface area contributed by atoms with Gasteiger partial charge in [0.15, 0.2) is 23.2 Å². The van der Waals surface area contributed by atoms with Crippen LogP contribution in [0.5, 0.6) is 5.75 Å². The van der Waals surface area contributed by atoms with Gasteiger partial charge in [-0.3, -0.25) is 23.5 Å². The van der Waals surface area contributed by atoms with E-state index in [2.05, 4.69) is 38.8 Å². The monoisotopic (exact) mass is 1150 g/mol. The molecule has 6 N–H and O–H groups in total. The molecule has 0 saturated carbocycles. The molecule has 0 fully saturated rings. The number of nitrogens with one attached hydrogen (secondary N) is 2. The molecule has 21 heteroatoms. The number of amides is 2. The summed E-state index contributed by atoms with van der Waals surface area (Å²) in [4.78, 5) is 41.8. The fourth-order valence-corrected chi connectivity index (χ4v) is 12.2. The molecule has 4 aromatic rings. The van der Waals surface area contributed by atoms with Crippen molar-refractivity contribution in [3.05, 3.63) is 165 Å². The summed E-state index contributed by atoms with van der Waals surface area (Å²) in [6.07, 6.45) is 19.9. The summed E-state index contributed by atoms with van der Waals surface area (Å²) >= 11 is 0. The van der Waals surface area contributed by atoms with Crippen molar-refractivity contribution in [1.29, 1.82) is 0 Å². The number of unbranched alkanes of at least 4 members (excludes halogenated alkanes) is 4. The summed E-state index contributed by atoms with van der Waals surface area (Å²) in [5.74, 6) is -4.38. The van der Waals surface area contributed by atoms with Gasteiger partial charge in [0.05, 0.1) is 34.3 Å². The van der Waals surface area contributed by atoms with Crippen LogP contribution in [-0.4, -0.2) is 89.2 Å². The normalized spacial score (nSPS) is 17.7. The molecule has 2 heterocycles. The number of rotatable bonds is 27. The molecule has 1 unspecified atom stereocenters. The van der Waals surface area contributed by atoms with E-state index in [9.17, 15) is 49.1 Å². The summed E-state index contributed by atoms with van der Waals surface area (Å²) in [7, 11) is -8.83. The van der Waals surface area contributed by atoms with Gasteiger partial charge in [-0.25, -0.2) is 13.5 Å². The molecule has 1 aromatic heterocycles. The Balaban J connectivity index is 0.955. The number of Topliss-reactive ketones (excluding diaryl/α,β-unsaturated/α-hetero) is 1. The van der Waals surface area contributed by atoms with Crippen LogP contribution in [0.4, 0.5) is 8.78 Å². The zero-order valence-electron chi connectivity index (χ0n) is 46.7. The molecule has 0 bridgehead atoms. The van der Waals surface area contributed by atoms with Crippen LogP contribution in [-0.2, 0) is 41.8 Å². The smallest absolute Gasteiger partial charge is 0.294 e. The first kappa shape index (κ1) is 61.7. The highest BCUT2D eigenvalue weighted by Crippen LogP contribution is 2.53. The summed E-state index contributed by atoms with van der Waals surface area (Å²) in [6, 6.07) is 13.4. The van der Waals surface area contributed by atoms with Crippen LogP contribution in [0.2, 0.25) is 0 Å². The SMILES string of the molecule is CCCCC1=C(/C=C/C=C/C=C2\N(CCCCCC(=O)NCc3cn(-c4cccc(C(=O)N[C@@H](CCCCN)C(=O)COc5c(F)cccc5F)c4)nn3)C3=C(C=C(S(=O)(=O)O)C(C)C3)C2(C)C)C(C)(C)c2cc(S(=O)(=O)O)ccc21. The van der Waals surface area contributed by atoms with Gasteiger partial charge in [0.1, 0.15) is 12.3 Å². The second kappa shape index (κ2) is 26.3. The van der Waals surface area contributed by atoms with Crippen molar-refractivity contribution in [1.82, 2.24) is 30.5 Å². The van der Waals surface area contributed by atoms with Crippen LogP contribution in [0.1, 0.15) is 139 Å². The van der Waals surface area contributed by atoms with E-state index in [0.29, 0.717) is 56.6 Å². The van der Waals surface area contributed by atoms with E-state index in [0.717, 1.165) is 77.1 Å². The first-order valence-electron chi connectivity index (χ1n) is 27.4. The van der Waals surface area contributed by atoms with Gasteiger partial charge in [-0.2, -0.15) is 16.8 Å². The zero-order chi connectivity index (χ0) is 58.9. The number of ether oxygens (including phenoxy) is 1. The van der Waals surface area contributed by atoms with Crippen molar-refractivity contribution in [2.45, 2.75) is 135 Å². The van der Waals surface area contributed by atoms with Gasteiger partial charge < -0.3 is 26.0 Å². The molecule has 7 rings (SSSR count). The van der Waals surface area contributed by atoms with Crippen LogP contribution in [0.15, 0.2) is 136 Å². The number of hydrogen-bond acceptors (Lipinski definition) is 12. The zero-order valence-corrected chi connectivity index (χ0v) is 48.3. The van der Waals surface area contributed by atoms with E-state index in [1.165, 1.54) is 16.8 Å². The number of halogens is 2. The number of hydrogen-bond donors (Lipinski definition) is 5. The van der Waals surface area contributed by atoms with Crippen molar-refractivity contribution in [2.24, 2.45) is 17.1 Å². The minimum absolute atomic E-state index is 0.0172. The van der Waals surface area contributed by atoms with Crippen LogP contribution in [0.25, 0.3) is 11.3 Å². The quantitative estimate of drug-likeness (QED) is 0.0212. The molecule has 0 spiro atoms. The summed E-state index contributed by atoms with van der Waals surface area (Å²) < 4.78 is 104. The van der Waals surface area contributed by atoms with Crippen molar-refractivity contribution in [2.75, 3.05) is 19.7 Å². The lowest BCUT2D eigenvalue weighted by molar-refractivity contribution is -0.123. The molecular formula is C60H73F2N7O10S2. The van der Waals surface area contributed by atoms with Gasteiger partial charge >= 0.3 is 0 Å². The maximum atomic E-state index is 14.2. The molecule has 434 valence electrons. The maximum absolute atomic E-state index is 14.2. The third-order valence-electron chi connectivity index (χ3n) is 15.2. The maximum Gasteiger partial charge on any atom is 0.294 e. The number of nitrogens with zero attached hydrogens (tertiary/aromatic N) is 4. The summed E-state index contributed by atoms with van der Waals surface area (Å²) in [5.41, 5.74) is 12.4. The lowest BCUT2D eigenvalue weighted by Gasteiger charge is -2.29. The Morgan fingerprint density at radius 1 is 0.901 bits per heavy atom. The Hall–Kier alpha value is -6.91. The first-order valence-corrected chi connectivity index (χ1v) is 30.2. The Labute approximate surface area is 473 Å². The first-order chi connectivity index (χ1) is 38.4. The number of para-hydroxylation sites is 1. The number of nitrogens with two attached hydrogens (primary N) is 1. The fraction of sp³-hybridized carbons (Fsp3) is 0.417. The Bertz CT molecular complexity index is 3430. The molecule has 3 aromatic carbocycles. The van der Waals surface area contributed by atoms with E-state index < -0.39 is 78.7 Å². The van der Waals surface area contributed by atoms with E-state index in [-0.39, 0.29) is 40.7 Å². The third kappa shape index (κ3) is 14.8. The average molecular weight is 1150 g/mol. The molecule has 1 aliphatic heterocycles. The topological polar surface area (TPSA) is 253 Å². The van der Waals surface area contributed by atoms with Crippen LogP contribution >= 0.6 is 0 Å². The van der Waals surface area contributed by atoms with Gasteiger partial charge in [0.25, 0.3) is 26.1 Å². The standard InChI is InChI=1S/C60H73F2N7O10S2/c1-7-8-21-44-45-29-28-43(80(73,74)75)34-47(45)59(3,4)46(44)22-11-9-12-26-55-60(5,6)48-35-54(81(76,77)78)39(2)32-52(48)68(55)31-16-10-13-27-56(71)64-36-41-37-69(67-66-41)42-20-17-19-40(33-42)58(72)65-51(25-14-15-30-63)53(70)38-79-57-49(61)23-18-24-50(57)62/h9,11-12,17-20,22-24,26,28-29,33-35,37,39,51H,7-8,10,13-16,21,25,27,30-32,36,38,63H2,1-6H3,(H,64,71)(H,65,72)(H,73,74,75)(H,76,77,78)/b12-9+,22-11+,55-26-/t39?,51-/m0/s1.